The molecule has 1 aromatic heterocycles. The fraction of sp³-hybridized carbons (Fsp3) is 0.261. The van der Waals surface area contributed by atoms with Gasteiger partial charge in [-0.3, -0.25) is 0 Å². The molecule has 2 N–H and O–H groups in total. The van der Waals surface area contributed by atoms with Gasteiger partial charge >= 0.3 is 0 Å². The molecular weight excluding hydrogens is 400 g/mol. The summed E-state index contributed by atoms with van der Waals surface area (Å²) in [5.41, 5.74) is 2.35. The molecule has 3 aromatic rings. The highest BCUT2D eigenvalue weighted by molar-refractivity contribution is 7.98. The third-order valence-electron chi connectivity index (χ3n) is 5.16. The monoisotopic (exact) mass is 424 g/mol. The van der Waals surface area contributed by atoms with Gasteiger partial charge in [-0.05, 0) is 66.3 Å². The molecule has 1 aliphatic carbocycles. The molecule has 1 fully saturated rings. The zero-order valence-electron chi connectivity index (χ0n) is 15.7. The van der Waals surface area contributed by atoms with Gasteiger partial charge in [-0.1, -0.05) is 49.2 Å². The summed E-state index contributed by atoms with van der Waals surface area (Å²) >= 11 is 9.32. The smallest absolute Gasteiger partial charge is 0.171 e. The molecule has 0 spiro atoms. The van der Waals surface area contributed by atoms with Crippen LogP contribution in [0.4, 0.5) is 5.69 Å². The van der Waals surface area contributed by atoms with Crippen LogP contribution in [0.2, 0.25) is 0 Å². The van der Waals surface area contributed by atoms with E-state index in [0.717, 1.165) is 24.3 Å². The highest BCUT2D eigenvalue weighted by Crippen LogP contribution is 2.40. The predicted molar refractivity (Wildman–Crippen MR) is 126 cm³/mol. The van der Waals surface area contributed by atoms with Gasteiger partial charge in [0.2, 0.25) is 0 Å². The average Bonchev–Trinajstić information content (AvgIpc) is 3.41. The molecule has 0 unspecified atom stereocenters. The Morgan fingerprint density at radius 2 is 1.71 bits per heavy atom. The Hall–Kier alpha value is -1.82. The first-order valence-corrected chi connectivity index (χ1v) is 11.9. The van der Waals surface area contributed by atoms with Gasteiger partial charge in [0.05, 0.1) is 5.54 Å². The molecule has 1 aliphatic rings. The van der Waals surface area contributed by atoms with Crippen molar-refractivity contribution < 1.29 is 0 Å². The Kier molecular flexibility index (Phi) is 6.35. The van der Waals surface area contributed by atoms with E-state index in [1.54, 1.807) is 0 Å². The molecule has 144 valence electrons. The lowest BCUT2D eigenvalue weighted by molar-refractivity contribution is 0.417. The van der Waals surface area contributed by atoms with Crippen LogP contribution in [-0.2, 0) is 11.3 Å². The maximum atomic E-state index is 5.64. The molecular formula is C23H24N2S3. The first kappa shape index (κ1) is 19.5. The third-order valence-corrected chi connectivity index (χ3v) is 7.52. The van der Waals surface area contributed by atoms with Crippen molar-refractivity contribution >= 4 is 46.1 Å². The van der Waals surface area contributed by atoms with Gasteiger partial charge in [-0.15, -0.1) is 23.1 Å². The molecule has 0 amide bonds. The van der Waals surface area contributed by atoms with Crippen LogP contribution in [0.1, 0.15) is 36.1 Å². The fourth-order valence-corrected chi connectivity index (χ4v) is 5.84. The van der Waals surface area contributed by atoms with Gasteiger partial charge in [0, 0.05) is 21.2 Å². The SMILES string of the molecule is S=C(Nc1ccc(CSc2ccccc2)cc1)NC1(c2cccs2)CCCC1. The Labute approximate surface area is 180 Å². The van der Waals surface area contributed by atoms with Crippen LogP contribution < -0.4 is 10.6 Å². The minimum Gasteiger partial charge on any atom is -0.352 e. The van der Waals surface area contributed by atoms with E-state index < -0.39 is 0 Å². The minimum absolute atomic E-state index is 0.00448. The van der Waals surface area contributed by atoms with Crippen LogP contribution in [0.5, 0.6) is 0 Å². The normalized spacial score (nSPS) is 15.3. The lowest BCUT2D eigenvalue weighted by Crippen LogP contribution is -2.45. The molecule has 0 bridgehead atoms. The predicted octanol–water partition coefficient (Wildman–Crippen LogP) is 6.80. The number of thioether (sulfide) groups is 1. The van der Waals surface area contributed by atoms with E-state index in [1.807, 2.05) is 23.1 Å². The van der Waals surface area contributed by atoms with E-state index in [9.17, 15) is 0 Å². The largest absolute Gasteiger partial charge is 0.352 e. The molecule has 28 heavy (non-hydrogen) atoms. The zero-order valence-corrected chi connectivity index (χ0v) is 18.1. The van der Waals surface area contributed by atoms with Crippen molar-refractivity contribution in [3.05, 3.63) is 82.6 Å². The number of thiocarbonyl (C=S) groups is 1. The Morgan fingerprint density at radius 1 is 0.964 bits per heavy atom. The van der Waals surface area contributed by atoms with E-state index in [-0.39, 0.29) is 5.54 Å². The van der Waals surface area contributed by atoms with Crippen molar-refractivity contribution in [2.45, 2.75) is 41.9 Å². The first-order chi connectivity index (χ1) is 13.7. The van der Waals surface area contributed by atoms with Gasteiger partial charge < -0.3 is 10.6 Å². The Morgan fingerprint density at radius 3 is 2.39 bits per heavy atom. The summed E-state index contributed by atoms with van der Waals surface area (Å²) in [7, 11) is 0. The van der Waals surface area contributed by atoms with Crippen LogP contribution in [0, 0.1) is 0 Å². The molecule has 5 heteroatoms. The molecule has 1 heterocycles. The van der Waals surface area contributed by atoms with E-state index in [0.29, 0.717) is 5.11 Å². The summed E-state index contributed by atoms with van der Waals surface area (Å²) in [5, 5.41) is 9.87. The van der Waals surface area contributed by atoms with Crippen LogP contribution in [0.3, 0.4) is 0 Å². The fourth-order valence-electron chi connectivity index (χ4n) is 3.71. The summed E-state index contributed by atoms with van der Waals surface area (Å²) < 4.78 is 0. The summed E-state index contributed by atoms with van der Waals surface area (Å²) in [4.78, 5) is 2.69. The highest BCUT2D eigenvalue weighted by atomic mass is 32.2. The van der Waals surface area contributed by atoms with Crippen LogP contribution in [-0.4, -0.2) is 5.11 Å². The number of hydrogen-bond acceptors (Lipinski definition) is 3. The molecule has 0 saturated heterocycles. The van der Waals surface area contributed by atoms with Crippen molar-refractivity contribution in [2.24, 2.45) is 0 Å². The van der Waals surface area contributed by atoms with Gasteiger partial charge in [0.25, 0.3) is 0 Å². The average molecular weight is 425 g/mol. The van der Waals surface area contributed by atoms with Crippen LogP contribution in [0.15, 0.2) is 77.0 Å². The highest BCUT2D eigenvalue weighted by Gasteiger charge is 2.37. The van der Waals surface area contributed by atoms with E-state index in [4.69, 9.17) is 12.2 Å². The molecule has 0 atom stereocenters. The third kappa shape index (κ3) is 4.77. The summed E-state index contributed by atoms with van der Waals surface area (Å²) in [6.07, 6.45) is 4.79. The number of hydrogen-bond donors (Lipinski definition) is 2. The molecule has 0 aliphatic heterocycles. The minimum atomic E-state index is 0.00448. The summed E-state index contributed by atoms with van der Waals surface area (Å²) in [6, 6.07) is 23.4. The molecule has 2 aromatic carbocycles. The lowest BCUT2D eigenvalue weighted by atomic mass is 9.96. The lowest BCUT2D eigenvalue weighted by Gasteiger charge is -2.31. The van der Waals surface area contributed by atoms with Crippen molar-refractivity contribution in [3.63, 3.8) is 0 Å². The Bertz CT molecular complexity index is 883. The van der Waals surface area contributed by atoms with Crippen molar-refractivity contribution in [3.8, 4) is 0 Å². The van der Waals surface area contributed by atoms with Gasteiger partial charge in [-0.25, -0.2) is 0 Å². The number of thiophene rings is 1. The summed E-state index contributed by atoms with van der Waals surface area (Å²) in [5.74, 6) is 0.967. The number of benzene rings is 2. The maximum Gasteiger partial charge on any atom is 0.171 e. The zero-order chi connectivity index (χ0) is 19.2. The quantitative estimate of drug-likeness (QED) is 0.336. The van der Waals surface area contributed by atoms with Gasteiger partial charge in [0.15, 0.2) is 5.11 Å². The van der Waals surface area contributed by atoms with Crippen LogP contribution >= 0.6 is 35.3 Å². The van der Waals surface area contributed by atoms with Crippen molar-refractivity contribution in [2.75, 3.05) is 5.32 Å². The molecule has 2 nitrogen and oxygen atoms in total. The Balaban J connectivity index is 1.34. The van der Waals surface area contributed by atoms with Gasteiger partial charge in [0.1, 0.15) is 0 Å². The number of anilines is 1. The maximum absolute atomic E-state index is 5.64. The van der Waals surface area contributed by atoms with Crippen molar-refractivity contribution in [1.82, 2.24) is 5.32 Å². The second-order valence-electron chi connectivity index (χ2n) is 7.14. The first-order valence-electron chi connectivity index (χ1n) is 9.63. The topological polar surface area (TPSA) is 24.1 Å². The van der Waals surface area contributed by atoms with Gasteiger partial charge in [-0.2, -0.15) is 0 Å². The van der Waals surface area contributed by atoms with Crippen molar-refractivity contribution in [1.29, 1.82) is 0 Å². The molecule has 0 radical (unpaired) electrons. The molecule has 1 saturated carbocycles. The standard InChI is InChI=1S/C23H24N2S3/c26-22(25-23(14-4-5-15-23)21-9-6-16-27-21)24-19-12-10-18(11-13-19)17-28-20-7-2-1-3-8-20/h1-3,6-13,16H,4-5,14-15,17H2,(H2,24,25,26). The number of rotatable bonds is 6. The second kappa shape index (κ2) is 9.12. The summed E-state index contributed by atoms with van der Waals surface area (Å²) in [6.45, 7) is 0. The van der Waals surface area contributed by atoms with Crippen LogP contribution in [0.25, 0.3) is 0 Å². The van der Waals surface area contributed by atoms with E-state index >= 15 is 0 Å². The molecule has 4 rings (SSSR count). The van der Waals surface area contributed by atoms with E-state index in [1.165, 1.54) is 28.2 Å². The van der Waals surface area contributed by atoms with E-state index in [2.05, 4.69) is 82.7 Å². The number of nitrogens with one attached hydrogen (secondary N) is 2. The second-order valence-corrected chi connectivity index (χ2v) is 9.55.